The van der Waals surface area contributed by atoms with Gasteiger partial charge in [-0.25, -0.2) is 0 Å². The average molecular weight is 270 g/mol. The van der Waals surface area contributed by atoms with Gasteiger partial charge < -0.3 is 14.9 Å². The number of nitrogens with one attached hydrogen (secondary N) is 1. The van der Waals surface area contributed by atoms with Gasteiger partial charge in [0, 0.05) is 24.1 Å². The van der Waals surface area contributed by atoms with Crippen LogP contribution in [0.15, 0.2) is 17.1 Å². The first-order chi connectivity index (χ1) is 8.51. The van der Waals surface area contributed by atoms with Crippen LogP contribution in [0.3, 0.4) is 0 Å². The second-order valence-corrected chi connectivity index (χ2v) is 5.36. The summed E-state index contributed by atoms with van der Waals surface area (Å²) in [7, 11) is 0. The number of ether oxygens (including phenoxy) is 1. The topological polar surface area (TPSA) is 87.5 Å². The van der Waals surface area contributed by atoms with Crippen molar-refractivity contribution >= 4 is 12.2 Å². The summed E-state index contributed by atoms with van der Waals surface area (Å²) in [6, 6.07) is 1.37. The molecule has 1 aliphatic heterocycles. The zero-order valence-corrected chi connectivity index (χ0v) is 10.6. The maximum absolute atomic E-state index is 11.1. The average Bonchev–Trinajstić information content (AvgIpc) is 2.77. The Bertz CT molecular complexity index is 597. The largest absolute Gasteiger partial charge is 0.393 e. The van der Waals surface area contributed by atoms with Gasteiger partial charge in [0.25, 0.3) is 5.56 Å². The first kappa shape index (κ1) is 12.0. The van der Waals surface area contributed by atoms with Gasteiger partial charge >= 0.3 is 0 Å². The summed E-state index contributed by atoms with van der Waals surface area (Å²) in [5, 5.41) is 19.1. The molecule has 7 heteroatoms. The maximum Gasteiger partial charge on any atom is 0.251 e. The molecule has 3 unspecified atom stereocenters. The zero-order valence-electron chi connectivity index (χ0n) is 9.74. The molecule has 0 radical (unpaired) electrons. The Balaban J connectivity index is 1.96. The highest BCUT2D eigenvalue weighted by atomic mass is 32.1. The second-order valence-electron chi connectivity index (χ2n) is 4.97. The molecule has 2 heterocycles. The fourth-order valence-corrected chi connectivity index (χ4v) is 3.25. The highest BCUT2D eigenvalue weighted by molar-refractivity contribution is 7.71. The van der Waals surface area contributed by atoms with Gasteiger partial charge in [0.15, 0.2) is 4.77 Å². The van der Waals surface area contributed by atoms with Gasteiger partial charge in [-0.2, -0.15) is 0 Å². The fraction of sp³-hybridized carbons (Fsp3) is 0.636. The molecule has 0 amide bonds. The van der Waals surface area contributed by atoms with Crippen LogP contribution in [0.1, 0.15) is 13.2 Å². The van der Waals surface area contributed by atoms with Crippen molar-refractivity contribution in [3.05, 3.63) is 27.4 Å². The summed E-state index contributed by atoms with van der Waals surface area (Å²) >= 11 is 5.09. The van der Waals surface area contributed by atoms with Gasteiger partial charge in [-0.3, -0.25) is 14.3 Å². The van der Waals surface area contributed by atoms with E-state index in [1.54, 1.807) is 10.8 Å². The van der Waals surface area contributed by atoms with Crippen LogP contribution in [0.4, 0.5) is 0 Å². The number of aliphatic hydroxyl groups is 2. The molecule has 0 bridgehead atoms. The third kappa shape index (κ3) is 1.38. The zero-order chi connectivity index (χ0) is 13.1. The molecule has 3 rings (SSSR count). The first-order valence-corrected chi connectivity index (χ1v) is 6.20. The Labute approximate surface area is 108 Å². The molecule has 1 aromatic rings. The molecule has 2 aliphatic rings. The second kappa shape index (κ2) is 3.74. The van der Waals surface area contributed by atoms with E-state index in [1.165, 1.54) is 6.07 Å². The molecule has 98 valence electrons. The number of hydrogen-bond acceptors (Lipinski definition) is 5. The third-order valence-corrected chi connectivity index (χ3v) is 4.34. The van der Waals surface area contributed by atoms with Crippen molar-refractivity contribution in [2.45, 2.75) is 24.9 Å². The molecular weight excluding hydrogens is 256 g/mol. The van der Waals surface area contributed by atoms with E-state index in [9.17, 15) is 15.0 Å². The van der Waals surface area contributed by atoms with Crippen LogP contribution in [0.5, 0.6) is 0 Å². The molecule has 1 aromatic heterocycles. The molecule has 3 N–H and O–H groups in total. The molecule has 5 atom stereocenters. The predicted octanol–water partition coefficient (Wildman–Crippen LogP) is -0.207. The monoisotopic (exact) mass is 270 g/mol. The van der Waals surface area contributed by atoms with Crippen LogP contribution in [0.25, 0.3) is 0 Å². The molecule has 1 saturated heterocycles. The van der Waals surface area contributed by atoms with Gasteiger partial charge in [0.05, 0.1) is 12.7 Å². The van der Waals surface area contributed by atoms with Crippen LogP contribution in [0, 0.1) is 16.6 Å². The van der Waals surface area contributed by atoms with Crippen LogP contribution in [0.2, 0.25) is 0 Å². The van der Waals surface area contributed by atoms with Crippen molar-refractivity contribution in [3.8, 4) is 0 Å². The maximum atomic E-state index is 11.1. The van der Waals surface area contributed by atoms with Crippen LogP contribution in [-0.2, 0) is 4.74 Å². The fourth-order valence-electron chi connectivity index (χ4n) is 2.99. The summed E-state index contributed by atoms with van der Waals surface area (Å²) in [5.74, 6) is -0.0638. The number of aliphatic hydroxyl groups excluding tert-OH is 2. The number of hydrogen-bond donors (Lipinski definition) is 3. The SMILES string of the molecule is CC1C2[C@@H](O)C2(CO)O[C@H]1n1ccc(=O)[nH]c1=S. The van der Waals surface area contributed by atoms with E-state index in [4.69, 9.17) is 17.0 Å². The van der Waals surface area contributed by atoms with Crippen LogP contribution in [-0.4, -0.2) is 38.1 Å². The summed E-state index contributed by atoms with van der Waals surface area (Å²) in [6.07, 6.45) is 0.588. The minimum absolute atomic E-state index is 0.0183. The quantitative estimate of drug-likeness (QED) is 0.647. The Morgan fingerprint density at radius 2 is 2.39 bits per heavy atom. The molecule has 2 fully saturated rings. The van der Waals surface area contributed by atoms with E-state index in [1.807, 2.05) is 6.92 Å². The highest BCUT2D eigenvalue weighted by Gasteiger charge is 2.74. The molecular formula is C11H14N2O4S. The summed E-state index contributed by atoms with van der Waals surface area (Å²) in [4.78, 5) is 13.7. The molecule has 18 heavy (non-hydrogen) atoms. The number of aromatic amines is 1. The normalized spacial score (nSPS) is 41.7. The predicted molar refractivity (Wildman–Crippen MR) is 64.5 cm³/mol. The summed E-state index contributed by atoms with van der Waals surface area (Å²) < 4.78 is 7.71. The van der Waals surface area contributed by atoms with Gasteiger partial charge in [0.1, 0.15) is 11.8 Å². The molecule has 0 aromatic carbocycles. The van der Waals surface area contributed by atoms with Crippen molar-refractivity contribution in [2.24, 2.45) is 11.8 Å². The summed E-state index contributed by atoms with van der Waals surface area (Å²) in [6.45, 7) is 1.73. The van der Waals surface area contributed by atoms with Crippen molar-refractivity contribution in [1.29, 1.82) is 0 Å². The van der Waals surface area contributed by atoms with E-state index in [0.717, 1.165) is 0 Å². The standard InChI is InChI=1S/C11H14N2O4S/c1-5-7-8(16)11(7,4-14)17-9(5)13-3-2-6(15)12-10(13)18/h2-3,5,7-9,14,16H,4H2,1H3,(H,12,15,18)/t5?,7?,8-,9-,11?/m1/s1. The minimum atomic E-state index is -0.852. The van der Waals surface area contributed by atoms with Crippen LogP contribution < -0.4 is 5.56 Å². The molecule has 1 aliphatic carbocycles. The Morgan fingerprint density at radius 1 is 1.67 bits per heavy atom. The van der Waals surface area contributed by atoms with Gasteiger partial charge in [-0.1, -0.05) is 6.92 Å². The lowest BCUT2D eigenvalue weighted by Gasteiger charge is -2.24. The van der Waals surface area contributed by atoms with E-state index in [-0.39, 0.29) is 35.0 Å². The Hall–Kier alpha value is -1.02. The van der Waals surface area contributed by atoms with Gasteiger partial charge in [-0.15, -0.1) is 0 Å². The molecule has 1 saturated carbocycles. The van der Waals surface area contributed by atoms with Crippen molar-refractivity contribution in [1.82, 2.24) is 9.55 Å². The van der Waals surface area contributed by atoms with Crippen LogP contribution >= 0.6 is 12.2 Å². The smallest absolute Gasteiger partial charge is 0.251 e. The number of nitrogens with zero attached hydrogens (tertiary/aromatic N) is 1. The molecule has 0 spiro atoms. The number of fused-ring (bicyclic) bond motifs is 1. The Kier molecular flexibility index (Phi) is 2.50. The van der Waals surface area contributed by atoms with E-state index < -0.39 is 11.7 Å². The van der Waals surface area contributed by atoms with E-state index >= 15 is 0 Å². The van der Waals surface area contributed by atoms with Gasteiger partial charge in [-0.05, 0) is 12.2 Å². The Morgan fingerprint density at radius 3 is 2.94 bits per heavy atom. The van der Waals surface area contributed by atoms with Crippen molar-refractivity contribution in [2.75, 3.05) is 6.61 Å². The number of H-pyrrole nitrogens is 1. The lowest BCUT2D eigenvalue weighted by Crippen LogP contribution is -2.28. The third-order valence-electron chi connectivity index (χ3n) is 4.02. The van der Waals surface area contributed by atoms with Gasteiger partial charge in [0.2, 0.25) is 0 Å². The van der Waals surface area contributed by atoms with E-state index in [0.29, 0.717) is 0 Å². The van der Waals surface area contributed by atoms with Crippen molar-refractivity contribution < 1.29 is 14.9 Å². The molecule has 6 nitrogen and oxygen atoms in total. The number of rotatable bonds is 2. The lowest BCUT2D eigenvalue weighted by atomic mass is 10.0. The van der Waals surface area contributed by atoms with Crippen molar-refractivity contribution in [3.63, 3.8) is 0 Å². The first-order valence-electron chi connectivity index (χ1n) is 5.79. The highest BCUT2D eigenvalue weighted by Crippen LogP contribution is 2.61. The minimum Gasteiger partial charge on any atom is -0.393 e. The van der Waals surface area contributed by atoms with E-state index in [2.05, 4.69) is 4.98 Å². The number of aromatic nitrogens is 2. The lowest BCUT2D eigenvalue weighted by molar-refractivity contribution is -0.0993. The summed E-state index contributed by atoms with van der Waals surface area (Å²) in [5.41, 5.74) is -1.11.